The van der Waals surface area contributed by atoms with Crippen LogP contribution in [0.2, 0.25) is 0 Å². The van der Waals surface area contributed by atoms with Gasteiger partial charge in [0.2, 0.25) is 0 Å². The molecule has 60 heavy (non-hydrogen) atoms. The molecule has 0 aliphatic rings. The molecule has 0 aliphatic carbocycles. The van der Waals surface area contributed by atoms with Crippen molar-refractivity contribution in [3.05, 3.63) is 223 Å². The van der Waals surface area contributed by atoms with E-state index in [9.17, 15) is 0 Å². The lowest BCUT2D eigenvalue weighted by atomic mass is 10.1. The van der Waals surface area contributed by atoms with Crippen LogP contribution < -0.4 is 37.8 Å². The van der Waals surface area contributed by atoms with E-state index in [1.807, 2.05) is 48.6 Å². The first kappa shape index (κ1) is 44.7. The molecule has 0 amide bonds. The smallest absolute Gasteiger partial charge is 0.364 e. The molecule has 5 aromatic carbocycles. The minimum atomic E-state index is -1.92. The van der Waals surface area contributed by atoms with Gasteiger partial charge >= 0.3 is 14.1 Å². The van der Waals surface area contributed by atoms with Crippen LogP contribution >= 0.6 is 0 Å². The van der Waals surface area contributed by atoms with Crippen molar-refractivity contribution in [1.82, 2.24) is 0 Å². The van der Waals surface area contributed by atoms with E-state index in [1.165, 1.54) is 13.3 Å². The summed E-state index contributed by atoms with van der Waals surface area (Å²) in [6.45, 7) is 37.8. The summed E-state index contributed by atoms with van der Waals surface area (Å²) in [5.74, 6) is 0. The molecule has 5 aromatic rings. The summed E-state index contributed by atoms with van der Waals surface area (Å²) >= 11 is -1.92. The topological polar surface area (TPSA) is 16.2 Å². The van der Waals surface area contributed by atoms with Crippen LogP contribution in [0.1, 0.15) is 0 Å². The second kappa shape index (κ2) is 23.2. The number of nitrogens with zero attached hydrogens (tertiary/aromatic N) is 5. The maximum atomic E-state index is 3.98. The van der Waals surface area contributed by atoms with Gasteiger partial charge in [-0.05, 0) is 84.9 Å². The first-order valence-corrected chi connectivity index (χ1v) is 22.3. The first-order chi connectivity index (χ1) is 29.4. The van der Waals surface area contributed by atoms with Gasteiger partial charge in [0.05, 0.1) is 0 Å². The molecular weight excluding hydrogens is 746 g/mol. The third-order valence-electron chi connectivity index (χ3n) is 10.4. The minimum absolute atomic E-state index is 0.740. The fraction of sp³-hybridized carbons (Fsp3) is 0.148. The van der Waals surface area contributed by atoms with Gasteiger partial charge in [-0.3, -0.25) is 0 Å². The molecule has 0 unspecified atom stereocenters. The second-order valence-electron chi connectivity index (χ2n) is 14.5. The van der Waals surface area contributed by atoms with Gasteiger partial charge in [-0.25, -0.2) is 0 Å². The summed E-state index contributed by atoms with van der Waals surface area (Å²) in [5.41, 5.74) is 7.76. The van der Waals surface area contributed by atoms with Gasteiger partial charge in [-0.15, -0.1) is 52.6 Å². The van der Waals surface area contributed by atoms with Gasteiger partial charge in [0.1, 0.15) is 0 Å². The van der Waals surface area contributed by atoms with Crippen LogP contribution in [-0.2, 0) is 0 Å². The van der Waals surface area contributed by atoms with E-state index in [1.54, 1.807) is 0 Å². The molecule has 0 N–H and O–H groups in total. The Kier molecular flexibility index (Phi) is 17.3. The number of hydrogen-bond donors (Lipinski definition) is 0. The fourth-order valence-electron chi connectivity index (χ4n) is 7.61. The summed E-state index contributed by atoms with van der Waals surface area (Å²) in [7, 11) is 0. The molecule has 5 rings (SSSR count). The van der Waals surface area contributed by atoms with Crippen molar-refractivity contribution in [2.75, 3.05) is 76.9 Å². The normalized spacial score (nSPS) is 10.4. The van der Waals surface area contributed by atoms with E-state index < -0.39 is 14.1 Å². The van der Waals surface area contributed by atoms with E-state index in [4.69, 9.17) is 0 Å². The first-order valence-electron chi connectivity index (χ1n) is 20.6. The van der Waals surface area contributed by atoms with Gasteiger partial charge in [0, 0.05) is 92.2 Å². The molecule has 0 heterocycles. The average Bonchev–Trinajstić information content (AvgIpc) is 3.28. The number of benzene rings is 5. The Morgan fingerprint density at radius 2 is 0.433 bits per heavy atom. The van der Waals surface area contributed by atoms with Crippen LogP contribution in [0.3, 0.4) is 0 Å². The Bertz CT molecular complexity index is 1840. The van der Waals surface area contributed by atoms with Gasteiger partial charge in [-0.2, -0.15) is 0 Å². The highest BCUT2D eigenvalue weighted by Gasteiger charge is 2.26. The van der Waals surface area contributed by atoms with Crippen LogP contribution in [0.25, 0.3) is 0 Å². The fourth-order valence-corrected chi connectivity index (χ4v) is 10.5. The number of hydrogen-bond acceptors (Lipinski definition) is 5. The van der Waals surface area contributed by atoms with Crippen molar-refractivity contribution < 1.29 is 0 Å². The Labute approximate surface area is 364 Å². The predicted molar refractivity (Wildman–Crippen MR) is 269 cm³/mol. The molecule has 6 heteroatoms. The lowest BCUT2D eigenvalue weighted by molar-refractivity contribution is 0.956. The molecule has 0 saturated carbocycles. The van der Waals surface area contributed by atoms with Gasteiger partial charge < -0.3 is 24.5 Å². The molecule has 0 saturated heterocycles. The molecule has 0 radical (unpaired) electrons. The summed E-state index contributed by atoms with van der Waals surface area (Å²) < 4.78 is 4.03. The quantitative estimate of drug-likeness (QED) is 0.0408. The Morgan fingerprint density at radius 1 is 0.267 bits per heavy atom. The van der Waals surface area contributed by atoms with Crippen molar-refractivity contribution in [1.29, 1.82) is 0 Å². The lowest BCUT2D eigenvalue weighted by Gasteiger charge is -2.28. The standard InChI is InChI=1S/C30H32N3.2C12H14N.Al/c1-5-22-31(23-6-2)26-14-18-29(19-15-26)33(28-12-10-9-11-13-28)30-20-16-27(17-21-30)32(24-7-3)25-8-4;2*1-3-10-13(11-4-2)12-8-6-5-7-9-12;/h5-8,10-21H,1-4,22-25H2;2*3-4,6-9H,1-2,10-11H2;. The molecule has 0 fully saturated rings. The van der Waals surface area contributed by atoms with Gasteiger partial charge in [-0.1, -0.05) is 98.3 Å². The van der Waals surface area contributed by atoms with Crippen LogP contribution in [0, 0.1) is 0 Å². The van der Waals surface area contributed by atoms with Crippen molar-refractivity contribution in [2.45, 2.75) is 0 Å². The Morgan fingerprint density at radius 3 is 0.633 bits per heavy atom. The highest BCUT2D eigenvalue weighted by Crippen LogP contribution is 2.36. The largest absolute Gasteiger partial charge is 0.383 e. The van der Waals surface area contributed by atoms with Crippen molar-refractivity contribution in [2.24, 2.45) is 0 Å². The Hall–Kier alpha value is -6.45. The van der Waals surface area contributed by atoms with E-state index in [2.05, 4.69) is 198 Å². The molecule has 0 aliphatic heterocycles. The zero-order chi connectivity index (χ0) is 42.7. The number of rotatable bonds is 26. The maximum Gasteiger partial charge on any atom is 0.383 e. The summed E-state index contributed by atoms with van der Waals surface area (Å²) in [4.78, 5) is 11.4. The van der Waals surface area contributed by atoms with Crippen molar-refractivity contribution >= 4 is 67.2 Å². The molecule has 0 atom stereocenters. The highest BCUT2D eigenvalue weighted by atomic mass is 27.2. The van der Waals surface area contributed by atoms with Crippen LogP contribution in [0.4, 0.5) is 39.8 Å². The molecule has 5 nitrogen and oxygen atoms in total. The zero-order valence-corrected chi connectivity index (χ0v) is 36.4. The monoisotopic (exact) mass is 805 g/mol. The molecule has 0 spiro atoms. The van der Waals surface area contributed by atoms with E-state index in [-0.39, 0.29) is 0 Å². The number of anilines is 7. The maximum absolute atomic E-state index is 3.98. The summed E-state index contributed by atoms with van der Waals surface area (Å²) in [6, 6.07) is 45.0. The second-order valence-corrected chi connectivity index (χ2v) is 17.4. The molecule has 304 valence electrons. The third-order valence-corrected chi connectivity index (χ3v) is 13.6. The van der Waals surface area contributed by atoms with E-state index in [0.29, 0.717) is 0 Å². The van der Waals surface area contributed by atoms with Gasteiger partial charge in [0.25, 0.3) is 0 Å². The van der Waals surface area contributed by atoms with Gasteiger partial charge in [0.15, 0.2) is 0 Å². The summed E-state index contributed by atoms with van der Waals surface area (Å²) in [6.07, 6.45) is 15.5. The minimum Gasteiger partial charge on any atom is -0.364 e. The van der Waals surface area contributed by atoms with Crippen LogP contribution in [-0.4, -0.2) is 66.5 Å². The SMILES string of the molecule is C=CCN(CC=C)c1ccc(N(c2ccc(N(CC=C)CC=C)cc2)c2cc[c]([Al]([c]3ccc(N(CC=C)CC=C)cc3)[c]3ccc(N(CC=C)CC=C)cc3)cc2)cc1. The summed E-state index contributed by atoms with van der Waals surface area (Å²) in [5, 5.41) is 0. The lowest BCUT2D eigenvalue weighted by Crippen LogP contribution is -2.52. The molecule has 0 bridgehead atoms. The van der Waals surface area contributed by atoms with E-state index in [0.717, 1.165) is 92.2 Å². The molecule has 0 aromatic heterocycles. The average molecular weight is 806 g/mol. The molecular formula is C54H60AlN5. The van der Waals surface area contributed by atoms with Crippen LogP contribution in [0.15, 0.2) is 223 Å². The predicted octanol–water partition coefficient (Wildman–Crippen LogP) is 10.4. The Balaban J connectivity index is 1.59. The van der Waals surface area contributed by atoms with E-state index >= 15 is 0 Å². The van der Waals surface area contributed by atoms with Crippen molar-refractivity contribution in [3.63, 3.8) is 0 Å². The zero-order valence-electron chi connectivity index (χ0n) is 35.3. The van der Waals surface area contributed by atoms with Crippen molar-refractivity contribution in [3.8, 4) is 0 Å². The highest BCUT2D eigenvalue weighted by molar-refractivity contribution is 6.95. The van der Waals surface area contributed by atoms with Crippen LogP contribution in [0.5, 0.6) is 0 Å². The third kappa shape index (κ3) is 11.4.